The van der Waals surface area contributed by atoms with E-state index in [2.05, 4.69) is 10.4 Å². The maximum Gasteiger partial charge on any atom is 0.437 e. The first-order valence-corrected chi connectivity index (χ1v) is 8.47. The van der Waals surface area contributed by atoms with Crippen LogP contribution in [0, 0.1) is 0 Å². The van der Waals surface area contributed by atoms with Gasteiger partial charge in [-0.05, 0) is 23.9 Å². The molecular weight excluding hydrogens is 326 g/mol. The fourth-order valence-corrected chi connectivity index (χ4v) is 2.94. The lowest BCUT2D eigenvalue weighted by Crippen LogP contribution is -2.28. The molecule has 0 aliphatic rings. The van der Waals surface area contributed by atoms with Crippen LogP contribution in [0.5, 0.6) is 0 Å². The van der Waals surface area contributed by atoms with Crippen molar-refractivity contribution in [3.05, 3.63) is 64.0 Å². The molecule has 0 spiro atoms. The molecular formula is C17H17N3O3S. The Bertz CT molecular complexity index is 853. The predicted octanol–water partition coefficient (Wildman–Crippen LogP) is 2.83. The van der Waals surface area contributed by atoms with Gasteiger partial charge in [0.15, 0.2) is 0 Å². The van der Waals surface area contributed by atoms with Gasteiger partial charge >= 0.3 is 5.76 Å². The van der Waals surface area contributed by atoms with Crippen molar-refractivity contribution in [2.75, 3.05) is 0 Å². The molecule has 124 valence electrons. The fraction of sp³-hybridized carbons (Fsp3) is 0.235. The van der Waals surface area contributed by atoms with E-state index < -0.39 is 5.76 Å². The Balaban J connectivity index is 1.58. The summed E-state index contributed by atoms with van der Waals surface area (Å²) in [6.45, 7) is 2.10. The second-order valence-corrected chi connectivity index (χ2v) is 6.27. The molecule has 7 heteroatoms. The largest absolute Gasteiger partial charge is 0.437 e. The Kier molecular flexibility index (Phi) is 4.90. The van der Waals surface area contributed by atoms with E-state index in [4.69, 9.17) is 4.42 Å². The lowest BCUT2D eigenvalue weighted by Gasteiger charge is -2.13. The zero-order chi connectivity index (χ0) is 16.9. The van der Waals surface area contributed by atoms with E-state index in [1.54, 1.807) is 0 Å². The first-order chi connectivity index (χ1) is 11.6. The molecule has 2 heterocycles. The van der Waals surface area contributed by atoms with Crippen LogP contribution in [0.4, 0.5) is 0 Å². The van der Waals surface area contributed by atoms with Crippen LogP contribution in [0.2, 0.25) is 0 Å². The third-order valence-electron chi connectivity index (χ3n) is 3.57. The van der Waals surface area contributed by atoms with Crippen LogP contribution in [-0.4, -0.2) is 15.7 Å². The zero-order valence-electron chi connectivity index (χ0n) is 13.1. The smallest absolute Gasteiger partial charge is 0.387 e. The van der Waals surface area contributed by atoms with Gasteiger partial charge in [0.25, 0.3) is 5.89 Å². The topological polar surface area (TPSA) is 77.1 Å². The standard InChI is InChI=1S/C17H17N3O3S/c1-12(13-6-3-2-4-7-13)18-15(21)9-10-20-17(22)23-16(19-20)14-8-5-11-24-14/h2-8,11-12H,9-10H2,1H3,(H,18,21)/t12-/m1/s1. The summed E-state index contributed by atoms with van der Waals surface area (Å²) in [5.41, 5.74) is 1.03. The molecule has 0 radical (unpaired) electrons. The predicted molar refractivity (Wildman–Crippen MR) is 91.7 cm³/mol. The van der Waals surface area contributed by atoms with Crippen molar-refractivity contribution in [3.8, 4) is 10.8 Å². The third kappa shape index (κ3) is 3.80. The average molecular weight is 343 g/mol. The summed E-state index contributed by atoms with van der Waals surface area (Å²) in [6.07, 6.45) is 0.160. The third-order valence-corrected chi connectivity index (χ3v) is 4.42. The zero-order valence-corrected chi connectivity index (χ0v) is 14.0. The minimum absolute atomic E-state index is 0.0885. The molecule has 1 atom stereocenters. The summed E-state index contributed by atoms with van der Waals surface area (Å²) in [5, 5.41) is 8.92. The number of benzene rings is 1. The monoisotopic (exact) mass is 343 g/mol. The van der Waals surface area contributed by atoms with Gasteiger partial charge in [0.2, 0.25) is 5.91 Å². The van der Waals surface area contributed by atoms with Gasteiger partial charge in [-0.2, -0.15) is 4.68 Å². The molecule has 1 N–H and O–H groups in total. The lowest BCUT2D eigenvalue weighted by atomic mass is 10.1. The summed E-state index contributed by atoms with van der Waals surface area (Å²) in [4.78, 5) is 24.6. The fourth-order valence-electron chi connectivity index (χ4n) is 2.29. The molecule has 3 aromatic rings. The van der Waals surface area contributed by atoms with Crippen LogP contribution >= 0.6 is 11.3 Å². The Hall–Kier alpha value is -2.67. The maximum absolute atomic E-state index is 12.1. The molecule has 0 saturated heterocycles. The highest BCUT2D eigenvalue weighted by atomic mass is 32.1. The van der Waals surface area contributed by atoms with Gasteiger partial charge in [-0.1, -0.05) is 36.4 Å². The van der Waals surface area contributed by atoms with Crippen molar-refractivity contribution in [2.24, 2.45) is 0 Å². The lowest BCUT2D eigenvalue weighted by molar-refractivity contribution is -0.122. The quantitative estimate of drug-likeness (QED) is 0.746. The van der Waals surface area contributed by atoms with Crippen LogP contribution in [0.15, 0.2) is 57.1 Å². The number of hydrogen-bond acceptors (Lipinski definition) is 5. The normalized spacial score (nSPS) is 12.0. The molecule has 0 aliphatic heterocycles. The number of nitrogens with one attached hydrogen (secondary N) is 1. The number of carbonyl (C=O) groups is 1. The first-order valence-electron chi connectivity index (χ1n) is 7.59. The van der Waals surface area contributed by atoms with E-state index in [-0.39, 0.29) is 30.8 Å². The van der Waals surface area contributed by atoms with Crippen LogP contribution in [-0.2, 0) is 11.3 Å². The Morgan fingerprint density at radius 1 is 1.29 bits per heavy atom. The number of hydrogen-bond donors (Lipinski definition) is 1. The Morgan fingerprint density at radius 2 is 2.08 bits per heavy atom. The molecule has 3 rings (SSSR count). The molecule has 2 aromatic heterocycles. The summed E-state index contributed by atoms with van der Waals surface area (Å²) in [5.74, 6) is -0.408. The SMILES string of the molecule is C[C@@H](NC(=O)CCn1nc(-c2cccs2)oc1=O)c1ccccc1. The van der Waals surface area contributed by atoms with E-state index in [0.717, 1.165) is 10.4 Å². The number of amides is 1. The van der Waals surface area contributed by atoms with Crippen LogP contribution in [0.25, 0.3) is 10.8 Å². The van der Waals surface area contributed by atoms with Crippen LogP contribution in [0.1, 0.15) is 24.9 Å². The minimum atomic E-state index is -0.553. The van der Waals surface area contributed by atoms with Gasteiger partial charge in [0, 0.05) is 6.42 Å². The molecule has 1 aromatic carbocycles. The van der Waals surface area contributed by atoms with Gasteiger partial charge < -0.3 is 9.73 Å². The number of carbonyl (C=O) groups excluding carboxylic acids is 1. The van der Waals surface area contributed by atoms with Gasteiger partial charge in [0.1, 0.15) is 0 Å². The van der Waals surface area contributed by atoms with Crippen molar-refractivity contribution >= 4 is 17.2 Å². The van der Waals surface area contributed by atoms with Gasteiger partial charge in [-0.25, -0.2) is 4.79 Å². The number of rotatable bonds is 6. The first kappa shape index (κ1) is 16.2. The van der Waals surface area contributed by atoms with E-state index >= 15 is 0 Å². The van der Waals surface area contributed by atoms with E-state index in [1.165, 1.54) is 16.0 Å². The molecule has 1 amide bonds. The summed E-state index contributed by atoms with van der Waals surface area (Å²) in [7, 11) is 0. The van der Waals surface area contributed by atoms with Crippen molar-refractivity contribution in [3.63, 3.8) is 0 Å². The molecule has 0 saturated carbocycles. The minimum Gasteiger partial charge on any atom is -0.387 e. The van der Waals surface area contributed by atoms with Gasteiger partial charge in [0.05, 0.1) is 17.5 Å². The second-order valence-electron chi connectivity index (χ2n) is 5.32. The average Bonchev–Trinajstić information content (AvgIpc) is 3.23. The highest BCUT2D eigenvalue weighted by Gasteiger charge is 2.13. The maximum atomic E-state index is 12.1. The van der Waals surface area contributed by atoms with Gasteiger partial charge in [-0.3, -0.25) is 4.79 Å². The molecule has 0 aliphatic carbocycles. The Morgan fingerprint density at radius 3 is 2.79 bits per heavy atom. The number of nitrogens with zero attached hydrogens (tertiary/aromatic N) is 2. The molecule has 6 nitrogen and oxygen atoms in total. The Labute approximate surface area is 142 Å². The number of thiophene rings is 1. The van der Waals surface area contributed by atoms with E-state index in [9.17, 15) is 9.59 Å². The van der Waals surface area contributed by atoms with Crippen molar-refractivity contribution in [1.82, 2.24) is 15.1 Å². The van der Waals surface area contributed by atoms with Crippen LogP contribution < -0.4 is 11.1 Å². The highest BCUT2D eigenvalue weighted by molar-refractivity contribution is 7.13. The van der Waals surface area contributed by atoms with E-state index in [1.807, 2.05) is 54.8 Å². The van der Waals surface area contributed by atoms with Gasteiger partial charge in [-0.15, -0.1) is 16.4 Å². The van der Waals surface area contributed by atoms with Crippen molar-refractivity contribution in [1.29, 1.82) is 0 Å². The van der Waals surface area contributed by atoms with Crippen molar-refractivity contribution < 1.29 is 9.21 Å². The molecule has 0 fully saturated rings. The molecule has 24 heavy (non-hydrogen) atoms. The molecule has 0 unspecified atom stereocenters. The summed E-state index contributed by atoms with van der Waals surface area (Å²) >= 11 is 1.44. The van der Waals surface area contributed by atoms with Crippen LogP contribution in [0.3, 0.4) is 0 Å². The number of aromatic nitrogens is 2. The number of aryl methyl sites for hydroxylation is 1. The summed E-state index contributed by atoms with van der Waals surface area (Å²) < 4.78 is 6.30. The second kappa shape index (κ2) is 7.27. The van der Waals surface area contributed by atoms with Crippen molar-refractivity contribution in [2.45, 2.75) is 25.9 Å². The summed E-state index contributed by atoms with van der Waals surface area (Å²) in [6, 6.07) is 13.3. The molecule has 0 bridgehead atoms. The van der Waals surface area contributed by atoms with E-state index in [0.29, 0.717) is 0 Å². The highest BCUT2D eigenvalue weighted by Crippen LogP contribution is 2.21.